The molecule has 1 rings (SSSR count). The fraction of sp³-hybridized carbons (Fsp3) is 1.00. The van der Waals surface area contributed by atoms with Crippen molar-refractivity contribution in [2.45, 2.75) is 83.7 Å². The highest BCUT2D eigenvalue weighted by molar-refractivity contribution is 6.72. The van der Waals surface area contributed by atoms with E-state index in [1.54, 1.807) is 0 Å². The number of hydrogen-bond donors (Lipinski definition) is 0. The van der Waals surface area contributed by atoms with Crippen LogP contribution in [0.15, 0.2) is 0 Å². The van der Waals surface area contributed by atoms with Crippen molar-refractivity contribution in [2.75, 3.05) is 14.2 Å². The minimum absolute atomic E-state index is 0.162. The topological polar surface area (TPSA) is 18.5 Å². The summed E-state index contributed by atoms with van der Waals surface area (Å²) >= 11 is 0. The number of rotatable bonds is 8. The van der Waals surface area contributed by atoms with E-state index in [1.165, 1.54) is 38.5 Å². The van der Waals surface area contributed by atoms with Gasteiger partial charge in [0.25, 0.3) is 0 Å². The summed E-state index contributed by atoms with van der Waals surface area (Å²) in [5.74, 6) is 1.45. The molecule has 1 saturated carbocycles. The monoisotopic (exact) mass is 300 g/mol. The van der Waals surface area contributed by atoms with Gasteiger partial charge in [0.05, 0.1) is 0 Å². The summed E-state index contributed by atoms with van der Waals surface area (Å²) in [4.78, 5) is 0. The van der Waals surface area contributed by atoms with Crippen LogP contribution in [0.2, 0.25) is 10.6 Å². The summed E-state index contributed by atoms with van der Waals surface area (Å²) in [6.45, 7) is 11.8. The summed E-state index contributed by atoms with van der Waals surface area (Å²) < 4.78 is 12.5. The zero-order valence-electron chi connectivity index (χ0n) is 14.8. The van der Waals surface area contributed by atoms with Crippen LogP contribution in [0.1, 0.15) is 73.1 Å². The van der Waals surface area contributed by atoms with Crippen molar-refractivity contribution in [1.29, 1.82) is 0 Å². The molecule has 1 aliphatic carbocycles. The Morgan fingerprint density at radius 3 is 2.20 bits per heavy atom. The molecule has 2 nitrogen and oxygen atoms in total. The van der Waals surface area contributed by atoms with Gasteiger partial charge in [-0.15, -0.1) is 0 Å². The van der Waals surface area contributed by atoms with E-state index in [2.05, 4.69) is 34.6 Å². The first-order valence-corrected chi connectivity index (χ1v) is 10.4. The average molecular weight is 301 g/mol. The first kappa shape index (κ1) is 18.2. The second-order valence-electron chi connectivity index (χ2n) is 7.19. The Labute approximate surface area is 127 Å². The molecule has 0 bridgehead atoms. The molecule has 3 atom stereocenters. The van der Waals surface area contributed by atoms with Crippen molar-refractivity contribution in [3.05, 3.63) is 0 Å². The smallest absolute Gasteiger partial charge is 0.347 e. The number of hydrogen-bond acceptors (Lipinski definition) is 2. The molecule has 0 spiro atoms. The largest absolute Gasteiger partial charge is 0.397 e. The van der Waals surface area contributed by atoms with Crippen molar-refractivity contribution in [1.82, 2.24) is 0 Å². The molecular weight excluding hydrogens is 264 g/mol. The maximum absolute atomic E-state index is 6.25. The van der Waals surface area contributed by atoms with E-state index < -0.39 is 8.56 Å². The zero-order chi connectivity index (χ0) is 15.4. The molecule has 3 heteroatoms. The van der Waals surface area contributed by atoms with E-state index >= 15 is 0 Å². The maximum atomic E-state index is 6.25. The second kappa shape index (κ2) is 7.41. The average Bonchev–Trinajstić information content (AvgIpc) is 2.89. The van der Waals surface area contributed by atoms with Crippen molar-refractivity contribution in [2.24, 2.45) is 11.8 Å². The van der Waals surface area contributed by atoms with Crippen LogP contribution in [0.3, 0.4) is 0 Å². The van der Waals surface area contributed by atoms with Crippen LogP contribution in [0.25, 0.3) is 0 Å². The van der Waals surface area contributed by atoms with E-state index in [4.69, 9.17) is 8.85 Å². The van der Waals surface area contributed by atoms with Crippen LogP contribution in [0.5, 0.6) is 0 Å². The highest BCUT2D eigenvalue weighted by Crippen LogP contribution is 2.58. The fourth-order valence-electron chi connectivity index (χ4n) is 4.55. The first-order valence-electron chi connectivity index (χ1n) is 8.51. The lowest BCUT2D eigenvalue weighted by atomic mass is 9.92. The van der Waals surface area contributed by atoms with Gasteiger partial charge >= 0.3 is 8.56 Å². The fourth-order valence-corrected chi connectivity index (χ4v) is 9.77. The molecule has 0 N–H and O–H groups in total. The summed E-state index contributed by atoms with van der Waals surface area (Å²) in [7, 11) is 1.59. The molecular formula is C17H36O2Si. The normalized spacial score (nSPS) is 25.9. The Morgan fingerprint density at radius 2 is 1.75 bits per heavy atom. The molecule has 20 heavy (non-hydrogen) atoms. The van der Waals surface area contributed by atoms with Crippen LogP contribution in [-0.2, 0) is 8.85 Å². The highest BCUT2D eigenvalue weighted by atomic mass is 28.4. The van der Waals surface area contributed by atoms with Gasteiger partial charge in [-0.2, -0.15) is 0 Å². The predicted octanol–water partition coefficient (Wildman–Crippen LogP) is 5.52. The lowest BCUT2D eigenvalue weighted by Crippen LogP contribution is -2.57. The summed E-state index contributed by atoms with van der Waals surface area (Å²) in [6.07, 6.45) is 7.78. The minimum atomic E-state index is -2.22. The van der Waals surface area contributed by atoms with E-state index in [1.807, 2.05) is 14.2 Å². The van der Waals surface area contributed by atoms with Crippen molar-refractivity contribution in [3.63, 3.8) is 0 Å². The third-order valence-electron chi connectivity index (χ3n) is 6.13. The molecule has 0 saturated heterocycles. The Bertz CT molecular complexity index is 287. The lowest BCUT2D eigenvalue weighted by molar-refractivity contribution is 0.164. The Kier molecular flexibility index (Phi) is 6.74. The van der Waals surface area contributed by atoms with E-state index in [0.29, 0.717) is 11.5 Å². The molecule has 0 radical (unpaired) electrons. The quantitative estimate of drug-likeness (QED) is 0.550. The van der Waals surface area contributed by atoms with Gasteiger partial charge in [-0.25, -0.2) is 0 Å². The van der Waals surface area contributed by atoms with E-state index in [-0.39, 0.29) is 5.04 Å². The molecule has 0 aromatic rings. The molecule has 0 aromatic carbocycles. The van der Waals surface area contributed by atoms with E-state index in [0.717, 1.165) is 5.92 Å². The highest BCUT2D eigenvalue weighted by Gasteiger charge is 2.60. The van der Waals surface area contributed by atoms with Gasteiger partial charge in [-0.05, 0) is 18.3 Å². The molecule has 0 aromatic heterocycles. The van der Waals surface area contributed by atoms with Crippen LogP contribution < -0.4 is 0 Å². The molecule has 1 aliphatic rings. The van der Waals surface area contributed by atoms with E-state index in [9.17, 15) is 0 Å². The molecule has 120 valence electrons. The Hall–Kier alpha value is 0.137. The van der Waals surface area contributed by atoms with Gasteiger partial charge in [-0.1, -0.05) is 66.7 Å². The van der Waals surface area contributed by atoms with Crippen LogP contribution >= 0.6 is 0 Å². The predicted molar refractivity (Wildman–Crippen MR) is 89.3 cm³/mol. The van der Waals surface area contributed by atoms with Crippen molar-refractivity contribution in [3.8, 4) is 0 Å². The Balaban J connectivity index is 3.12. The maximum Gasteiger partial charge on any atom is 0.347 e. The van der Waals surface area contributed by atoms with Crippen LogP contribution in [0.4, 0.5) is 0 Å². The molecule has 0 amide bonds. The summed E-state index contributed by atoms with van der Waals surface area (Å²) in [6, 6.07) is 0. The molecule has 0 aliphatic heterocycles. The molecule has 3 unspecified atom stereocenters. The SMILES string of the molecule is CCCC(C)C(C)(C)[Si](OC)(OC)C1CCCC1CC. The third kappa shape index (κ3) is 3.00. The lowest BCUT2D eigenvalue weighted by Gasteiger charge is -2.49. The van der Waals surface area contributed by atoms with Gasteiger partial charge in [0.15, 0.2) is 0 Å². The summed E-state index contributed by atoms with van der Waals surface area (Å²) in [5, 5.41) is 0.162. The van der Waals surface area contributed by atoms with Crippen LogP contribution in [-0.4, -0.2) is 22.8 Å². The van der Waals surface area contributed by atoms with Gasteiger partial charge in [0, 0.05) is 24.8 Å². The van der Waals surface area contributed by atoms with Crippen molar-refractivity contribution < 1.29 is 8.85 Å². The van der Waals surface area contributed by atoms with Gasteiger partial charge in [0.1, 0.15) is 0 Å². The zero-order valence-corrected chi connectivity index (χ0v) is 15.8. The van der Waals surface area contributed by atoms with Gasteiger partial charge in [-0.3, -0.25) is 0 Å². The summed E-state index contributed by atoms with van der Waals surface area (Å²) in [5.41, 5.74) is 0.664. The standard InChI is InChI=1S/C17H36O2Si/c1-8-11-14(3)17(4,5)20(18-6,19-7)16-13-10-12-15(16)9-2/h14-16H,8-13H2,1-7H3. The van der Waals surface area contributed by atoms with Crippen LogP contribution in [0, 0.1) is 11.8 Å². The second-order valence-corrected chi connectivity index (χ2v) is 11.4. The first-order chi connectivity index (χ1) is 9.41. The van der Waals surface area contributed by atoms with Gasteiger partial charge < -0.3 is 8.85 Å². The molecule has 0 heterocycles. The Morgan fingerprint density at radius 1 is 1.15 bits per heavy atom. The third-order valence-corrected chi connectivity index (χ3v) is 11.4. The van der Waals surface area contributed by atoms with Crippen molar-refractivity contribution >= 4 is 8.56 Å². The van der Waals surface area contributed by atoms with Gasteiger partial charge in [0.2, 0.25) is 0 Å². The minimum Gasteiger partial charge on any atom is -0.397 e. The molecule has 1 fully saturated rings.